The number of carbonyl (C=O) groups excluding carboxylic acids is 1. The second-order valence-electron chi connectivity index (χ2n) is 4.79. The Balaban J connectivity index is 1.70. The Morgan fingerprint density at radius 3 is 2.52 bits per heavy atom. The highest BCUT2D eigenvalue weighted by Gasteiger charge is 2.29. The lowest BCUT2D eigenvalue weighted by Gasteiger charge is -2.07. The summed E-state index contributed by atoms with van der Waals surface area (Å²) in [6.07, 6.45) is -0.0527. The first-order valence-electron chi connectivity index (χ1n) is 6.74. The summed E-state index contributed by atoms with van der Waals surface area (Å²) in [5.41, 5.74) is 2.40. The largest absolute Gasteiger partial charge is 0.497 e. The van der Waals surface area contributed by atoms with Gasteiger partial charge in [-0.25, -0.2) is 0 Å². The average Bonchev–Trinajstić information content (AvgIpc) is 3.05. The summed E-state index contributed by atoms with van der Waals surface area (Å²) < 4.78 is 5.08. The third-order valence-electron chi connectivity index (χ3n) is 3.44. The fourth-order valence-electron chi connectivity index (χ4n) is 2.26. The number of methoxy groups -OCH3 is 1. The highest BCUT2D eigenvalue weighted by molar-refractivity contribution is 6.08. The molecule has 2 aromatic carbocycles. The fraction of sp³-hybridized carbons (Fsp3) is 0.176. The van der Waals surface area contributed by atoms with Crippen LogP contribution in [0.25, 0.3) is 0 Å². The first-order chi connectivity index (χ1) is 10.3. The van der Waals surface area contributed by atoms with E-state index in [4.69, 9.17) is 9.57 Å². The van der Waals surface area contributed by atoms with Crippen molar-refractivity contribution in [2.45, 2.75) is 12.5 Å². The molecule has 0 saturated carbocycles. The predicted molar refractivity (Wildman–Crippen MR) is 79.8 cm³/mol. The van der Waals surface area contributed by atoms with Gasteiger partial charge in [-0.1, -0.05) is 35.5 Å². The molecule has 2 aromatic rings. The van der Waals surface area contributed by atoms with Crippen molar-refractivity contribution in [3.8, 4) is 5.75 Å². The maximum Gasteiger partial charge on any atom is 0.206 e. The van der Waals surface area contributed by atoms with Gasteiger partial charge >= 0.3 is 0 Å². The normalized spacial score (nSPS) is 17.0. The Labute approximate surface area is 123 Å². The van der Waals surface area contributed by atoms with E-state index < -0.39 is 6.10 Å². The molecule has 0 spiro atoms. The van der Waals surface area contributed by atoms with E-state index in [2.05, 4.69) is 5.16 Å². The van der Waals surface area contributed by atoms with Gasteiger partial charge in [0.15, 0.2) is 6.10 Å². The zero-order valence-electron chi connectivity index (χ0n) is 11.7. The number of rotatable bonds is 4. The Hall–Kier alpha value is -2.62. The summed E-state index contributed by atoms with van der Waals surface area (Å²) in [4.78, 5) is 17.7. The van der Waals surface area contributed by atoms with E-state index in [0.29, 0.717) is 12.0 Å². The van der Waals surface area contributed by atoms with Gasteiger partial charge in [0, 0.05) is 12.0 Å². The fourth-order valence-corrected chi connectivity index (χ4v) is 2.26. The molecule has 3 rings (SSSR count). The number of oxime groups is 1. The molecule has 1 aliphatic rings. The van der Waals surface area contributed by atoms with Gasteiger partial charge in [0.05, 0.1) is 12.8 Å². The highest BCUT2D eigenvalue weighted by atomic mass is 16.6. The van der Waals surface area contributed by atoms with Crippen molar-refractivity contribution in [3.05, 3.63) is 65.7 Å². The van der Waals surface area contributed by atoms with Gasteiger partial charge < -0.3 is 9.57 Å². The SMILES string of the molecule is COc1ccc(C(=O)C2CC(c3ccccc3)=NO2)cc1. The molecular weight excluding hydrogens is 266 g/mol. The van der Waals surface area contributed by atoms with E-state index in [1.54, 1.807) is 31.4 Å². The lowest BCUT2D eigenvalue weighted by molar-refractivity contribution is 0.0556. The van der Waals surface area contributed by atoms with E-state index >= 15 is 0 Å². The summed E-state index contributed by atoms with van der Waals surface area (Å²) in [5.74, 6) is 0.660. The molecule has 21 heavy (non-hydrogen) atoms. The lowest BCUT2D eigenvalue weighted by Crippen LogP contribution is -2.21. The number of ether oxygens (including phenoxy) is 1. The number of nitrogens with zero attached hydrogens (tertiary/aromatic N) is 1. The van der Waals surface area contributed by atoms with Crippen molar-refractivity contribution in [2.75, 3.05) is 7.11 Å². The van der Waals surface area contributed by atoms with Gasteiger partial charge in [-0.05, 0) is 29.8 Å². The maximum atomic E-state index is 12.4. The van der Waals surface area contributed by atoms with Crippen LogP contribution in [0.5, 0.6) is 5.75 Å². The van der Waals surface area contributed by atoms with E-state index in [-0.39, 0.29) is 5.78 Å². The monoisotopic (exact) mass is 281 g/mol. The van der Waals surface area contributed by atoms with Crippen LogP contribution in [0.1, 0.15) is 22.3 Å². The van der Waals surface area contributed by atoms with Crippen molar-refractivity contribution in [2.24, 2.45) is 5.16 Å². The predicted octanol–water partition coefficient (Wildman–Crippen LogP) is 3.07. The minimum atomic E-state index is -0.548. The number of hydrogen-bond acceptors (Lipinski definition) is 4. The quantitative estimate of drug-likeness (QED) is 0.809. The minimum absolute atomic E-state index is 0.0627. The molecule has 4 heteroatoms. The van der Waals surface area contributed by atoms with Crippen LogP contribution in [-0.2, 0) is 4.84 Å². The first-order valence-corrected chi connectivity index (χ1v) is 6.74. The van der Waals surface area contributed by atoms with Crippen molar-refractivity contribution in [1.29, 1.82) is 0 Å². The number of Topliss-reactive ketones (excluding diaryl/α,β-unsaturated/α-hetero) is 1. The first kappa shape index (κ1) is 13.4. The Morgan fingerprint density at radius 2 is 1.86 bits per heavy atom. The van der Waals surface area contributed by atoms with E-state index in [9.17, 15) is 4.79 Å². The summed E-state index contributed by atoms with van der Waals surface area (Å²) in [5, 5.41) is 4.04. The van der Waals surface area contributed by atoms with Crippen LogP contribution in [0.3, 0.4) is 0 Å². The van der Waals surface area contributed by atoms with Crippen molar-refractivity contribution in [3.63, 3.8) is 0 Å². The minimum Gasteiger partial charge on any atom is -0.497 e. The molecular formula is C17H15NO3. The molecule has 106 valence electrons. The number of benzene rings is 2. The molecule has 1 heterocycles. The van der Waals surface area contributed by atoms with Crippen LogP contribution in [0.4, 0.5) is 0 Å². The van der Waals surface area contributed by atoms with Gasteiger partial charge in [-0.3, -0.25) is 4.79 Å². The molecule has 0 radical (unpaired) electrons. The zero-order valence-corrected chi connectivity index (χ0v) is 11.7. The van der Waals surface area contributed by atoms with Crippen LogP contribution in [0.15, 0.2) is 59.8 Å². The van der Waals surface area contributed by atoms with Crippen LogP contribution in [-0.4, -0.2) is 24.7 Å². The molecule has 0 N–H and O–H groups in total. The van der Waals surface area contributed by atoms with E-state index in [0.717, 1.165) is 17.0 Å². The summed E-state index contributed by atoms with van der Waals surface area (Å²) in [6.45, 7) is 0. The van der Waals surface area contributed by atoms with Gasteiger partial charge in [0.1, 0.15) is 5.75 Å². The molecule has 1 unspecified atom stereocenters. The van der Waals surface area contributed by atoms with Crippen LogP contribution >= 0.6 is 0 Å². The summed E-state index contributed by atoms with van der Waals surface area (Å²) in [7, 11) is 1.59. The summed E-state index contributed by atoms with van der Waals surface area (Å²) >= 11 is 0. The Morgan fingerprint density at radius 1 is 1.14 bits per heavy atom. The molecule has 0 aromatic heterocycles. The molecule has 0 aliphatic carbocycles. The number of ketones is 1. The summed E-state index contributed by atoms with van der Waals surface area (Å²) in [6, 6.07) is 16.8. The molecule has 0 bridgehead atoms. The molecule has 0 fully saturated rings. The van der Waals surface area contributed by atoms with Crippen molar-refractivity contribution in [1.82, 2.24) is 0 Å². The van der Waals surface area contributed by atoms with Crippen LogP contribution in [0.2, 0.25) is 0 Å². The van der Waals surface area contributed by atoms with Gasteiger partial charge in [-0.15, -0.1) is 0 Å². The van der Waals surface area contributed by atoms with Crippen molar-refractivity contribution < 1.29 is 14.4 Å². The molecule has 4 nitrogen and oxygen atoms in total. The maximum absolute atomic E-state index is 12.4. The third kappa shape index (κ3) is 2.79. The average molecular weight is 281 g/mol. The number of carbonyl (C=O) groups is 1. The van der Waals surface area contributed by atoms with Gasteiger partial charge in [-0.2, -0.15) is 0 Å². The molecule has 1 atom stereocenters. The van der Waals surface area contributed by atoms with E-state index in [1.807, 2.05) is 30.3 Å². The van der Waals surface area contributed by atoms with E-state index in [1.165, 1.54) is 0 Å². The molecule has 0 saturated heterocycles. The second-order valence-corrected chi connectivity index (χ2v) is 4.79. The highest BCUT2D eigenvalue weighted by Crippen LogP contribution is 2.21. The van der Waals surface area contributed by atoms with Crippen LogP contribution in [0, 0.1) is 0 Å². The third-order valence-corrected chi connectivity index (χ3v) is 3.44. The zero-order chi connectivity index (χ0) is 14.7. The second kappa shape index (κ2) is 5.79. The number of hydrogen-bond donors (Lipinski definition) is 0. The smallest absolute Gasteiger partial charge is 0.206 e. The van der Waals surface area contributed by atoms with Crippen molar-refractivity contribution >= 4 is 11.5 Å². The lowest BCUT2D eigenvalue weighted by atomic mass is 9.99. The Bertz CT molecular complexity index is 662. The standard InChI is InChI=1S/C17H15NO3/c1-20-14-9-7-13(8-10-14)17(19)16-11-15(18-21-16)12-5-3-2-4-6-12/h2-10,16H,11H2,1H3. The molecule has 0 amide bonds. The van der Waals surface area contributed by atoms with Gasteiger partial charge in [0.25, 0.3) is 0 Å². The van der Waals surface area contributed by atoms with Crippen LogP contribution < -0.4 is 4.74 Å². The topological polar surface area (TPSA) is 47.9 Å². The van der Waals surface area contributed by atoms with Gasteiger partial charge in [0.2, 0.25) is 5.78 Å². The Kier molecular flexibility index (Phi) is 3.69. The molecule has 1 aliphatic heterocycles.